The molecule has 0 saturated heterocycles. The first-order valence-electron chi connectivity index (χ1n) is 9.70. The van der Waals surface area contributed by atoms with Crippen molar-refractivity contribution in [1.29, 1.82) is 0 Å². The third-order valence-corrected chi connectivity index (χ3v) is 6.09. The van der Waals surface area contributed by atoms with Crippen LogP contribution in [-0.4, -0.2) is 16.8 Å². The van der Waals surface area contributed by atoms with E-state index in [-0.39, 0.29) is 5.56 Å². The summed E-state index contributed by atoms with van der Waals surface area (Å²) in [6.07, 6.45) is 1.33. The highest BCUT2D eigenvalue weighted by molar-refractivity contribution is 7.98. The highest BCUT2D eigenvalue weighted by Crippen LogP contribution is 2.24. The van der Waals surface area contributed by atoms with Crippen molar-refractivity contribution in [1.82, 2.24) is 15.8 Å². The van der Waals surface area contributed by atoms with Crippen molar-refractivity contribution >= 4 is 46.1 Å². The van der Waals surface area contributed by atoms with Crippen molar-refractivity contribution in [3.8, 4) is 0 Å². The highest BCUT2D eigenvalue weighted by atomic mass is 35.5. The maximum absolute atomic E-state index is 12.5. The molecule has 0 fully saturated rings. The number of fused-ring (bicyclic) bond motifs is 1. The second-order valence-electron chi connectivity index (χ2n) is 6.92. The number of nitrogens with one attached hydrogen (secondary N) is 3. The van der Waals surface area contributed by atoms with Crippen LogP contribution < -0.4 is 16.3 Å². The Balaban J connectivity index is 1.35. The first-order chi connectivity index (χ1) is 15.5. The number of thioether (sulfide) groups is 1. The number of hydrogen-bond acceptors (Lipinski definition) is 4. The van der Waals surface area contributed by atoms with Gasteiger partial charge in [-0.2, -0.15) is 0 Å². The molecule has 4 aromatic rings. The molecule has 0 aliphatic heterocycles. The van der Waals surface area contributed by atoms with Crippen LogP contribution in [-0.2, 0) is 5.75 Å². The fourth-order valence-electron chi connectivity index (χ4n) is 3.04. The van der Waals surface area contributed by atoms with Gasteiger partial charge in [0, 0.05) is 38.3 Å². The van der Waals surface area contributed by atoms with E-state index >= 15 is 0 Å². The van der Waals surface area contributed by atoms with Gasteiger partial charge in [0.1, 0.15) is 5.56 Å². The molecule has 0 aliphatic rings. The van der Waals surface area contributed by atoms with Crippen LogP contribution in [0.2, 0.25) is 5.02 Å². The minimum Gasteiger partial charge on any atom is -0.360 e. The van der Waals surface area contributed by atoms with Crippen molar-refractivity contribution < 1.29 is 9.59 Å². The Labute approximate surface area is 193 Å². The fraction of sp³-hybridized carbons (Fsp3) is 0.0417. The number of hydrazine groups is 1. The van der Waals surface area contributed by atoms with Crippen LogP contribution in [0.5, 0.6) is 0 Å². The van der Waals surface area contributed by atoms with Crippen LogP contribution in [0.4, 0.5) is 0 Å². The number of halogens is 1. The summed E-state index contributed by atoms with van der Waals surface area (Å²) in [5, 5.41) is 1.10. The highest BCUT2D eigenvalue weighted by Gasteiger charge is 2.14. The van der Waals surface area contributed by atoms with Crippen LogP contribution >= 0.6 is 23.4 Å². The maximum Gasteiger partial charge on any atom is 0.275 e. The Morgan fingerprint density at radius 1 is 0.875 bits per heavy atom. The number of amides is 2. The SMILES string of the molecule is O=C(NNC(=O)c1c[nH]c2ccccc2c1=O)c1ccc(CSc2ccc(Cl)cc2)cc1. The lowest BCUT2D eigenvalue weighted by molar-refractivity contribution is 0.0846. The normalized spacial score (nSPS) is 10.7. The summed E-state index contributed by atoms with van der Waals surface area (Å²) in [5.74, 6) is -0.431. The molecule has 32 heavy (non-hydrogen) atoms. The van der Waals surface area contributed by atoms with E-state index in [2.05, 4.69) is 15.8 Å². The van der Waals surface area contributed by atoms with E-state index < -0.39 is 17.2 Å². The molecule has 160 valence electrons. The topological polar surface area (TPSA) is 91.1 Å². The number of H-pyrrole nitrogens is 1. The fourth-order valence-corrected chi connectivity index (χ4v) is 4.02. The number of aromatic nitrogens is 1. The van der Waals surface area contributed by atoms with E-state index in [1.165, 1.54) is 6.20 Å². The summed E-state index contributed by atoms with van der Waals surface area (Å²) in [5.41, 5.74) is 6.22. The van der Waals surface area contributed by atoms with Gasteiger partial charge in [0.15, 0.2) is 0 Å². The largest absolute Gasteiger partial charge is 0.360 e. The van der Waals surface area contributed by atoms with Crippen LogP contribution in [0, 0.1) is 0 Å². The molecule has 0 spiro atoms. The van der Waals surface area contributed by atoms with Crippen molar-refractivity contribution in [2.45, 2.75) is 10.6 Å². The van der Waals surface area contributed by atoms with Gasteiger partial charge >= 0.3 is 0 Å². The summed E-state index contributed by atoms with van der Waals surface area (Å²) < 4.78 is 0. The number of carbonyl (C=O) groups is 2. The summed E-state index contributed by atoms with van der Waals surface area (Å²) >= 11 is 7.56. The van der Waals surface area contributed by atoms with Crippen LogP contribution in [0.15, 0.2) is 88.7 Å². The first kappa shape index (κ1) is 21.7. The molecule has 4 rings (SSSR count). The molecule has 0 atom stereocenters. The molecule has 2 amide bonds. The van der Waals surface area contributed by atoms with E-state index in [9.17, 15) is 14.4 Å². The number of para-hydroxylation sites is 1. The third kappa shape index (κ3) is 5.01. The average molecular weight is 464 g/mol. The molecule has 0 aliphatic carbocycles. The second-order valence-corrected chi connectivity index (χ2v) is 8.41. The van der Waals surface area contributed by atoms with E-state index in [0.717, 1.165) is 16.2 Å². The monoisotopic (exact) mass is 463 g/mol. The molecule has 0 bridgehead atoms. The molecule has 6 nitrogen and oxygen atoms in total. The van der Waals surface area contributed by atoms with Crippen LogP contribution in [0.25, 0.3) is 10.9 Å². The quantitative estimate of drug-likeness (QED) is 0.299. The molecule has 3 aromatic carbocycles. The van der Waals surface area contributed by atoms with Gasteiger partial charge in [0.25, 0.3) is 11.8 Å². The Kier molecular flexibility index (Phi) is 6.58. The predicted octanol–water partition coefficient (Wildman–Crippen LogP) is 4.55. The predicted molar refractivity (Wildman–Crippen MR) is 127 cm³/mol. The summed E-state index contributed by atoms with van der Waals surface area (Å²) in [6, 6.07) is 21.6. The number of pyridine rings is 1. The van der Waals surface area contributed by atoms with Crippen molar-refractivity contribution in [3.63, 3.8) is 0 Å². The van der Waals surface area contributed by atoms with E-state index in [4.69, 9.17) is 11.6 Å². The number of hydrogen-bond donors (Lipinski definition) is 3. The maximum atomic E-state index is 12.5. The minimum absolute atomic E-state index is 0.0847. The molecule has 1 aromatic heterocycles. The Morgan fingerprint density at radius 3 is 2.31 bits per heavy atom. The Morgan fingerprint density at radius 2 is 1.56 bits per heavy atom. The Hall–Kier alpha value is -3.55. The average Bonchev–Trinajstić information content (AvgIpc) is 2.83. The van der Waals surface area contributed by atoms with Gasteiger partial charge in [0.05, 0.1) is 0 Å². The van der Waals surface area contributed by atoms with Gasteiger partial charge < -0.3 is 4.98 Å². The van der Waals surface area contributed by atoms with Crippen molar-refractivity contribution in [2.24, 2.45) is 0 Å². The number of aromatic amines is 1. The van der Waals surface area contributed by atoms with E-state index in [1.807, 2.05) is 36.4 Å². The molecular weight excluding hydrogens is 446 g/mol. The molecule has 3 N–H and O–H groups in total. The smallest absolute Gasteiger partial charge is 0.275 e. The van der Waals surface area contributed by atoms with Gasteiger partial charge in [-0.15, -0.1) is 11.8 Å². The summed E-state index contributed by atoms with van der Waals surface area (Å²) in [6.45, 7) is 0. The number of benzene rings is 3. The van der Waals surface area contributed by atoms with Crippen LogP contribution in [0.1, 0.15) is 26.3 Å². The van der Waals surface area contributed by atoms with Gasteiger partial charge in [-0.05, 0) is 54.1 Å². The molecular formula is C24H18ClN3O3S. The van der Waals surface area contributed by atoms with Crippen LogP contribution in [0.3, 0.4) is 0 Å². The van der Waals surface area contributed by atoms with Gasteiger partial charge in [0.2, 0.25) is 5.43 Å². The zero-order valence-electron chi connectivity index (χ0n) is 16.7. The van der Waals surface area contributed by atoms with Gasteiger partial charge in [-0.25, -0.2) is 0 Å². The van der Waals surface area contributed by atoms with Crippen molar-refractivity contribution in [3.05, 3.63) is 111 Å². The third-order valence-electron chi connectivity index (χ3n) is 4.76. The standard InChI is InChI=1S/C24H18ClN3O3S/c25-17-9-11-18(12-10-17)32-14-15-5-7-16(8-6-15)23(30)27-28-24(31)20-13-26-21-4-2-1-3-19(21)22(20)29/h1-13H,14H2,(H,26,29)(H,27,30)(H,28,31). The lowest BCUT2D eigenvalue weighted by atomic mass is 10.1. The Bertz CT molecular complexity index is 1340. The molecule has 0 radical (unpaired) electrons. The van der Waals surface area contributed by atoms with E-state index in [0.29, 0.717) is 21.5 Å². The zero-order chi connectivity index (χ0) is 22.5. The molecule has 0 unspecified atom stereocenters. The zero-order valence-corrected chi connectivity index (χ0v) is 18.3. The molecule has 8 heteroatoms. The summed E-state index contributed by atoms with van der Waals surface area (Å²) in [7, 11) is 0. The molecule has 1 heterocycles. The van der Waals surface area contributed by atoms with Crippen molar-refractivity contribution in [2.75, 3.05) is 0 Å². The summed E-state index contributed by atoms with van der Waals surface area (Å²) in [4.78, 5) is 41.3. The number of rotatable bonds is 5. The van der Waals surface area contributed by atoms with Gasteiger partial charge in [-0.3, -0.25) is 25.2 Å². The lowest BCUT2D eigenvalue weighted by Crippen LogP contribution is -2.43. The lowest BCUT2D eigenvalue weighted by Gasteiger charge is -2.08. The minimum atomic E-state index is -0.693. The number of carbonyl (C=O) groups excluding carboxylic acids is 2. The first-order valence-corrected chi connectivity index (χ1v) is 11.1. The van der Waals surface area contributed by atoms with E-state index in [1.54, 1.807) is 48.2 Å². The molecule has 0 saturated carbocycles. The second kappa shape index (κ2) is 9.72. The van der Waals surface area contributed by atoms with Gasteiger partial charge in [-0.1, -0.05) is 35.9 Å².